The smallest absolute Gasteiger partial charge is 0.137 e. The van der Waals surface area contributed by atoms with Gasteiger partial charge in [0, 0.05) is 23.5 Å². The summed E-state index contributed by atoms with van der Waals surface area (Å²) in [5.41, 5.74) is 3.45. The average Bonchev–Trinajstić information content (AvgIpc) is 2.59. The van der Waals surface area contributed by atoms with Crippen molar-refractivity contribution >= 4 is 11.0 Å². The number of rotatable bonds is 3. The highest BCUT2D eigenvalue weighted by Crippen LogP contribution is 2.23. The second-order valence-corrected chi connectivity index (χ2v) is 4.25. The van der Waals surface area contributed by atoms with Crippen molar-refractivity contribution < 1.29 is 4.42 Å². The molecule has 0 aliphatic rings. The molecule has 0 atom stereocenters. The lowest BCUT2D eigenvalue weighted by Crippen LogP contribution is -2.21. The Labute approximate surface area is 90.3 Å². The van der Waals surface area contributed by atoms with Gasteiger partial charge in [0.15, 0.2) is 0 Å². The maximum absolute atomic E-state index is 5.57. The molecule has 1 aromatic carbocycles. The molecule has 1 heterocycles. The summed E-state index contributed by atoms with van der Waals surface area (Å²) in [5.74, 6) is 0. The maximum Gasteiger partial charge on any atom is 0.137 e. The van der Waals surface area contributed by atoms with Gasteiger partial charge in [-0.15, -0.1) is 0 Å². The van der Waals surface area contributed by atoms with Crippen LogP contribution in [0.15, 0.2) is 28.9 Å². The first-order valence-electron chi connectivity index (χ1n) is 5.37. The molecule has 1 aromatic heterocycles. The molecule has 0 radical (unpaired) electrons. The first kappa shape index (κ1) is 10.2. The number of furan rings is 1. The lowest BCUT2D eigenvalue weighted by molar-refractivity contribution is 0.572. The van der Waals surface area contributed by atoms with Gasteiger partial charge in [0.25, 0.3) is 0 Å². The standard InChI is InChI=1S/C13H17NO/c1-9(2)14-7-11-8-15-13-10(3)5-4-6-12(11)13/h4-6,8-9,14H,7H2,1-3H3. The molecule has 2 aromatic rings. The van der Waals surface area contributed by atoms with Gasteiger partial charge in [0.1, 0.15) is 5.58 Å². The molecule has 2 rings (SSSR count). The minimum Gasteiger partial charge on any atom is -0.464 e. The van der Waals surface area contributed by atoms with Gasteiger partial charge in [-0.05, 0) is 12.5 Å². The largest absolute Gasteiger partial charge is 0.464 e. The highest BCUT2D eigenvalue weighted by molar-refractivity contribution is 5.83. The number of para-hydroxylation sites is 1. The van der Waals surface area contributed by atoms with Gasteiger partial charge in [0.2, 0.25) is 0 Å². The quantitative estimate of drug-likeness (QED) is 0.828. The molecular weight excluding hydrogens is 186 g/mol. The molecule has 0 aliphatic carbocycles. The fourth-order valence-electron chi connectivity index (χ4n) is 1.71. The van der Waals surface area contributed by atoms with Crippen LogP contribution in [0.1, 0.15) is 25.0 Å². The van der Waals surface area contributed by atoms with Crippen LogP contribution < -0.4 is 5.32 Å². The summed E-state index contributed by atoms with van der Waals surface area (Å²) >= 11 is 0. The van der Waals surface area contributed by atoms with E-state index in [4.69, 9.17) is 4.42 Å². The Kier molecular flexibility index (Phi) is 2.78. The number of hydrogen-bond donors (Lipinski definition) is 1. The van der Waals surface area contributed by atoms with Crippen molar-refractivity contribution in [2.75, 3.05) is 0 Å². The minimum absolute atomic E-state index is 0.500. The SMILES string of the molecule is Cc1cccc2c(CNC(C)C)coc12. The van der Waals surface area contributed by atoms with E-state index < -0.39 is 0 Å². The molecule has 0 aliphatic heterocycles. The van der Waals surface area contributed by atoms with Crippen LogP contribution in [0.25, 0.3) is 11.0 Å². The lowest BCUT2D eigenvalue weighted by Gasteiger charge is -2.06. The number of fused-ring (bicyclic) bond motifs is 1. The summed E-state index contributed by atoms with van der Waals surface area (Å²) in [7, 11) is 0. The Morgan fingerprint density at radius 1 is 1.33 bits per heavy atom. The summed E-state index contributed by atoms with van der Waals surface area (Å²) in [5, 5.41) is 4.62. The third-order valence-corrected chi connectivity index (χ3v) is 2.58. The maximum atomic E-state index is 5.57. The van der Waals surface area contributed by atoms with E-state index >= 15 is 0 Å². The van der Waals surface area contributed by atoms with Gasteiger partial charge in [-0.3, -0.25) is 0 Å². The molecule has 15 heavy (non-hydrogen) atoms. The van der Waals surface area contributed by atoms with Crippen molar-refractivity contribution in [1.29, 1.82) is 0 Å². The van der Waals surface area contributed by atoms with Crippen LogP contribution in [0.2, 0.25) is 0 Å². The van der Waals surface area contributed by atoms with Crippen LogP contribution in [0.4, 0.5) is 0 Å². The molecule has 0 unspecified atom stereocenters. The average molecular weight is 203 g/mol. The van der Waals surface area contributed by atoms with Crippen molar-refractivity contribution in [1.82, 2.24) is 5.32 Å². The number of hydrogen-bond acceptors (Lipinski definition) is 2. The molecule has 0 bridgehead atoms. The molecule has 0 amide bonds. The predicted molar refractivity (Wildman–Crippen MR) is 62.9 cm³/mol. The van der Waals surface area contributed by atoms with Crippen molar-refractivity contribution in [3.05, 3.63) is 35.6 Å². The Bertz CT molecular complexity index is 457. The number of aryl methyl sites for hydroxylation is 1. The minimum atomic E-state index is 0.500. The Morgan fingerprint density at radius 3 is 2.87 bits per heavy atom. The zero-order valence-corrected chi connectivity index (χ0v) is 9.50. The second kappa shape index (κ2) is 4.07. The van der Waals surface area contributed by atoms with Crippen molar-refractivity contribution in [2.24, 2.45) is 0 Å². The van der Waals surface area contributed by atoms with Crippen LogP contribution in [-0.2, 0) is 6.54 Å². The predicted octanol–water partition coefficient (Wildman–Crippen LogP) is 3.24. The van der Waals surface area contributed by atoms with Crippen LogP contribution in [-0.4, -0.2) is 6.04 Å². The summed E-state index contributed by atoms with van der Waals surface area (Å²) < 4.78 is 5.57. The van der Waals surface area contributed by atoms with Gasteiger partial charge in [-0.25, -0.2) is 0 Å². The first-order valence-corrected chi connectivity index (χ1v) is 5.37. The second-order valence-electron chi connectivity index (χ2n) is 4.25. The highest BCUT2D eigenvalue weighted by atomic mass is 16.3. The monoisotopic (exact) mass is 203 g/mol. The van der Waals surface area contributed by atoms with E-state index in [1.807, 2.05) is 6.26 Å². The van der Waals surface area contributed by atoms with E-state index in [9.17, 15) is 0 Å². The zero-order chi connectivity index (χ0) is 10.8. The van der Waals surface area contributed by atoms with Crippen LogP contribution in [0.5, 0.6) is 0 Å². The Morgan fingerprint density at radius 2 is 2.13 bits per heavy atom. The van der Waals surface area contributed by atoms with E-state index in [1.165, 1.54) is 16.5 Å². The molecular formula is C13H17NO. The Balaban J connectivity index is 2.33. The summed E-state index contributed by atoms with van der Waals surface area (Å²) in [6, 6.07) is 6.76. The highest BCUT2D eigenvalue weighted by Gasteiger charge is 2.07. The number of benzene rings is 1. The van der Waals surface area contributed by atoms with Gasteiger partial charge >= 0.3 is 0 Å². The molecule has 0 spiro atoms. The van der Waals surface area contributed by atoms with E-state index in [2.05, 4.69) is 44.3 Å². The van der Waals surface area contributed by atoms with E-state index in [0.29, 0.717) is 6.04 Å². The third kappa shape index (κ3) is 2.05. The number of nitrogens with one attached hydrogen (secondary N) is 1. The van der Waals surface area contributed by atoms with Crippen molar-refractivity contribution in [3.63, 3.8) is 0 Å². The third-order valence-electron chi connectivity index (χ3n) is 2.58. The van der Waals surface area contributed by atoms with Gasteiger partial charge in [0.05, 0.1) is 6.26 Å². The van der Waals surface area contributed by atoms with E-state index in [1.54, 1.807) is 0 Å². The van der Waals surface area contributed by atoms with Crippen molar-refractivity contribution in [2.45, 2.75) is 33.4 Å². The van der Waals surface area contributed by atoms with Crippen molar-refractivity contribution in [3.8, 4) is 0 Å². The summed E-state index contributed by atoms with van der Waals surface area (Å²) in [6.07, 6.45) is 1.85. The first-order chi connectivity index (χ1) is 7.18. The molecule has 0 fully saturated rings. The fraction of sp³-hybridized carbons (Fsp3) is 0.385. The fourth-order valence-corrected chi connectivity index (χ4v) is 1.71. The summed E-state index contributed by atoms with van der Waals surface area (Å²) in [6.45, 7) is 7.24. The van der Waals surface area contributed by atoms with Crippen LogP contribution >= 0.6 is 0 Å². The van der Waals surface area contributed by atoms with Gasteiger partial charge < -0.3 is 9.73 Å². The topological polar surface area (TPSA) is 25.2 Å². The summed E-state index contributed by atoms with van der Waals surface area (Å²) in [4.78, 5) is 0. The normalized spacial score (nSPS) is 11.5. The van der Waals surface area contributed by atoms with E-state index in [-0.39, 0.29) is 0 Å². The lowest BCUT2D eigenvalue weighted by atomic mass is 10.1. The molecule has 80 valence electrons. The molecule has 0 saturated heterocycles. The van der Waals surface area contributed by atoms with Gasteiger partial charge in [-0.1, -0.05) is 32.0 Å². The zero-order valence-electron chi connectivity index (χ0n) is 9.50. The van der Waals surface area contributed by atoms with E-state index in [0.717, 1.165) is 12.1 Å². The van der Waals surface area contributed by atoms with Crippen LogP contribution in [0, 0.1) is 6.92 Å². The molecule has 1 N–H and O–H groups in total. The molecule has 2 nitrogen and oxygen atoms in total. The molecule has 2 heteroatoms. The van der Waals surface area contributed by atoms with Gasteiger partial charge in [-0.2, -0.15) is 0 Å². The van der Waals surface area contributed by atoms with Crippen LogP contribution in [0.3, 0.4) is 0 Å². The molecule has 0 saturated carbocycles. The Hall–Kier alpha value is -1.28.